The Balaban J connectivity index is 1.74. The first kappa shape index (κ1) is 15.7. The smallest absolute Gasteiger partial charge is 0.337 e. The number of ether oxygens (including phenoxy) is 2. The van der Waals surface area contributed by atoms with E-state index in [1.807, 2.05) is 6.07 Å². The molecule has 122 valence electrons. The molecule has 0 saturated heterocycles. The van der Waals surface area contributed by atoms with Crippen LogP contribution >= 0.6 is 0 Å². The van der Waals surface area contributed by atoms with Crippen LogP contribution in [0.25, 0.3) is 10.9 Å². The number of fused-ring (bicyclic) bond motifs is 1. The van der Waals surface area contributed by atoms with Gasteiger partial charge in [-0.15, -0.1) is 0 Å². The maximum absolute atomic E-state index is 11.6. The van der Waals surface area contributed by atoms with Gasteiger partial charge in [-0.3, -0.25) is 0 Å². The summed E-state index contributed by atoms with van der Waals surface area (Å²) in [6.07, 6.45) is 6.47. The third kappa shape index (κ3) is 3.60. The Morgan fingerprint density at radius 2 is 2.00 bits per heavy atom. The first-order chi connectivity index (χ1) is 11.2. The number of carbonyl (C=O) groups is 1. The molecule has 1 aliphatic carbocycles. The molecule has 0 unspecified atom stereocenters. The van der Waals surface area contributed by atoms with E-state index in [4.69, 9.17) is 9.47 Å². The van der Waals surface area contributed by atoms with Crippen molar-refractivity contribution in [2.75, 3.05) is 13.7 Å². The normalized spacial score (nSPS) is 21.1. The van der Waals surface area contributed by atoms with E-state index >= 15 is 0 Å². The van der Waals surface area contributed by atoms with Crippen molar-refractivity contribution in [3.63, 3.8) is 0 Å². The maximum atomic E-state index is 11.6. The predicted molar refractivity (Wildman–Crippen MR) is 87.5 cm³/mol. The zero-order valence-electron chi connectivity index (χ0n) is 13.6. The molecule has 1 aliphatic rings. The number of hydrogen-bond donors (Lipinski definition) is 0. The highest BCUT2D eigenvalue weighted by molar-refractivity contribution is 5.95. The van der Waals surface area contributed by atoms with E-state index in [1.165, 1.54) is 39.1 Å². The summed E-state index contributed by atoms with van der Waals surface area (Å²) in [5.41, 5.74) is 1.17. The summed E-state index contributed by atoms with van der Waals surface area (Å²) in [6.45, 7) is 3.01. The van der Waals surface area contributed by atoms with Gasteiger partial charge < -0.3 is 9.47 Å². The molecule has 0 radical (unpaired) electrons. The maximum Gasteiger partial charge on any atom is 0.337 e. The molecule has 0 bridgehead atoms. The molecule has 0 amide bonds. The van der Waals surface area contributed by atoms with E-state index in [0.29, 0.717) is 29.5 Å². The monoisotopic (exact) mass is 314 g/mol. The second-order valence-electron chi connectivity index (χ2n) is 6.34. The lowest BCUT2D eigenvalue weighted by Crippen LogP contribution is -2.19. The van der Waals surface area contributed by atoms with Crippen molar-refractivity contribution < 1.29 is 14.3 Å². The summed E-state index contributed by atoms with van der Waals surface area (Å²) in [5, 5.41) is 0.823. The van der Waals surface area contributed by atoms with Crippen molar-refractivity contribution in [1.82, 2.24) is 9.97 Å². The number of esters is 1. The molecule has 1 aromatic heterocycles. The van der Waals surface area contributed by atoms with Gasteiger partial charge in [0.2, 0.25) is 5.88 Å². The third-order valence-corrected chi connectivity index (χ3v) is 4.61. The number of methoxy groups -OCH3 is 1. The second kappa shape index (κ2) is 6.94. The van der Waals surface area contributed by atoms with Crippen molar-refractivity contribution in [3.05, 3.63) is 30.1 Å². The van der Waals surface area contributed by atoms with Crippen LogP contribution in [0.3, 0.4) is 0 Å². The molecule has 1 saturated carbocycles. The topological polar surface area (TPSA) is 61.3 Å². The van der Waals surface area contributed by atoms with E-state index in [2.05, 4.69) is 16.9 Å². The average Bonchev–Trinajstić information content (AvgIpc) is 2.60. The fraction of sp³-hybridized carbons (Fsp3) is 0.500. The van der Waals surface area contributed by atoms with Gasteiger partial charge in [-0.1, -0.05) is 19.8 Å². The van der Waals surface area contributed by atoms with Crippen LogP contribution in [-0.2, 0) is 4.74 Å². The minimum absolute atomic E-state index is 0.371. The summed E-state index contributed by atoms with van der Waals surface area (Å²) >= 11 is 0. The van der Waals surface area contributed by atoms with Crippen LogP contribution < -0.4 is 4.74 Å². The van der Waals surface area contributed by atoms with Gasteiger partial charge in [0.1, 0.15) is 6.33 Å². The highest BCUT2D eigenvalue weighted by Crippen LogP contribution is 2.29. The predicted octanol–water partition coefficient (Wildman–Crippen LogP) is 3.62. The number of carbonyl (C=O) groups excluding carboxylic acids is 1. The van der Waals surface area contributed by atoms with Crippen molar-refractivity contribution in [2.45, 2.75) is 32.6 Å². The standard InChI is InChI=1S/C18H22N2O3/c1-12-3-5-13(6-4-12)10-23-17-15-8-7-14(18(21)22-2)9-16(15)19-11-20-17/h7-9,11-13H,3-6,10H2,1-2H3. The van der Waals surface area contributed by atoms with Gasteiger partial charge in [0.05, 0.1) is 30.2 Å². The summed E-state index contributed by atoms with van der Waals surface area (Å²) in [6, 6.07) is 5.24. The van der Waals surface area contributed by atoms with Crippen LogP contribution in [-0.4, -0.2) is 29.7 Å². The minimum atomic E-state index is -0.371. The number of nitrogens with zero attached hydrogens (tertiary/aromatic N) is 2. The average molecular weight is 314 g/mol. The fourth-order valence-corrected chi connectivity index (χ4v) is 3.08. The molecular formula is C18H22N2O3. The number of benzene rings is 1. The van der Waals surface area contributed by atoms with E-state index in [1.54, 1.807) is 12.1 Å². The Morgan fingerprint density at radius 3 is 2.74 bits per heavy atom. The van der Waals surface area contributed by atoms with Gasteiger partial charge >= 0.3 is 5.97 Å². The molecule has 3 rings (SSSR count). The molecule has 2 aromatic rings. The quantitative estimate of drug-likeness (QED) is 0.807. The Labute approximate surface area is 136 Å². The molecule has 0 spiro atoms. The first-order valence-corrected chi connectivity index (χ1v) is 8.13. The highest BCUT2D eigenvalue weighted by Gasteiger charge is 2.19. The summed E-state index contributed by atoms with van der Waals surface area (Å²) in [4.78, 5) is 20.1. The van der Waals surface area contributed by atoms with Crippen LogP contribution in [0, 0.1) is 11.8 Å². The second-order valence-corrected chi connectivity index (χ2v) is 6.34. The third-order valence-electron chi connectivity index (χ3n) is 4.61. The van der Waals surface area contributed by atoms with Crippen molar-refractivity contribution in [3.8, 4) is 5.88 Å². The van der Waals surface area contributed by atoms with Gasteiger partial charge in [0.15, 0.2) is 0 Å². The molecule has 1 fully saturated rings. The Bertz CT molecular complexity index is 694. The van der Waals surface area contributed by atoms with Crippen molar-refractivity contribution in [2.24, 2.45) is 11.8 Å². The largest absolute Gasteiger partial charge is 0.477 e. The number of hydrogen-bond acceptors (Lipinski definition) is 5. The molecular weight excluding hydrogens is 292 g/mol. The Morgan fingerprint density at radius 1 is 1.22 bits per heavy atom. The van der Waals surface area contributed by atoms with Crippen LogP contribution in [0.15, 0.2) is 24.5 Å². The SMILES string of the molecule is COC(=O)c1ccc2c(OCC3CCC(C)CC3)ncnc2c1. The molecule has 0 aliphatic heterocycles. The summed E-state index contributed by atoms with van der Waals surface area (Å²) in [7, 11) is 1.37. The lowest BCUT2D eigenvalue weighted by molar-refractivity contribution is 0.0601. The highest BCUT2D eigenvalue weighted by atomic mass is 16.5. The lowest BCUT2D eigenvalue weighted by atomic mass is 9.83. The Kier molecular flexibility index (Phi) is 4.74. The van der Waals surface area contributed by atoms with Crippen molar-refractivity contribution >= 4 is 16.9 Å². The first-order valence-electron chi connectivity index (χ1n) is 8.13. The molecule has 0 atom stereocenters. The van der Waals surface area contributed by atoms with Crippen LogP contribution in [0.2, 0.25) is 0 Å². The van der Waals surface area contributed by atoms with Gasteiger partial charge in [-0.2, -0.15) is 0 Å². The molecule has 1 heterocycles. The van der Waals surface area contributed by atoms with Gasteiger partial charge in [0, 0.05) is 0 Å². The number of rotatable bonds is 4. The summed E-state index contributed by atoms with van der Waals surface area (Å²) < 4.78 is 10.7. The van der Waals surface area contributed by atoms with Gasteiger partial charge in [0.25, 0.3) is 0 Å². The van der Waals surface area contributed by atoms with Crippen molar-refractivity contribution in [1.29, 1.82) is 0 Å². The van der Waals surface area contributed by atoms with E-state index in [0.717, 1.165) is 11.3 Å². The minimum Gasteiger partial charge on any atom is -0.477 e. The molecule has 0 N–H and O–H groups in total. The van der Waals surface area contributed by atoms with Gasteiger partial charge in [-0.05, 0) is 42.9 Å². The zero-order chi connectivity index (χ0) is 16.2. The summed E-state index contributed by atoms with van der Waals surface area (Å²) in [5.74, 6) is 1.66. The lowest BCUT2D eigenvalue weighted by Gasteiger charge is -2.25. The van der Waals surface area contributed by atoms with Crippen LogP contribution in [0.1, 0.15) is 43.0 Å². The van der Waals surface area contributed by atoms with E-state index in [9.17, 15) is 4.79 Å². The molecule has 23 heavy (non-hydrogen) atoms. The van der Waals surface area contributed by atoms with Gasteiger partial charge in [-0.25, -0.2) is 14.8 Å². The Hall–Kier alpha value is -2.17. The molecule has 1 aromatic carbocycles. The van der Waals surface area contributed by atoms with E-state index in [-0.39, 0.29) is 5.97 Å². The fourth-order valence-electron chi connectivity index (χ4n) is 3.08. The molecule has 5 nitrogen and oxygen atoms in total. The zero-order valence-corrected chi connectivity index (χ0v) is 13.6. The molecule has 5 heteroatoms. The van der Waals surface area contributed by atoms with Crippen LogP contribution in [0.5, 0.6) is 5.88 Å². The van der Waals surface area contributed by atoms with Crippen LogP contribution in [0.4, 0.5) is 0 Å². The number of aromatic nitrogens is 2. The van der Waals surface area contributed by atoms with E-state index < -0.39 is 0 Å².